The standard InChI is InChI=1S/C8H7BrN2O2.C3H6/c9-7-3-1-2-5(10-7)6-4-13-8(12)11-6;1-3-2/h1-3,6H,4H2,(H,11,12);3H,1H2,2H3/t6-;/m0./s1. The number of hydrogen-bond donors (Lipinski definition) is 1. The molecule has 1 aromatic rings. The Balaban J connectivity index is 0.000000386. The zero-order valence-corrected chi connectivity index (χ0v) is 10.5. The second-order valence-corrected chi connectivity index (χ2v) is 3.90. The quantitative estimate of drug-likeness (QED) is 0.637. The molecule has 4 nitrogen and oxygen atoms in total. The van der Waals surface area contributed by atoms with Gasteiger partial charge < -0.3 is 10.1 Å². The summed E-state index contributed by atoms with van der Waals surface area (Å²) in [5, 5.41) is 2.65. The monoisotopic (exact) mass is 284 g/mol. The number of carbonyl (C=O) groups is 1. The molecular formula is C11H13BrN2O2. The Kier molecular flexibility index (Phi) is 4.98. The molecule has 0 aliphatic carbocycles. The van der Waals surface area contributed by atoms with E-state index in [0.717, 1.165) is 10.3 Å². The van der Waals surface area contributed by atoms with E-state index in [-0.39, 0.29) is 12.1 Å². The van der Waals surface area contributed by atoms with E-state index in [1.165, 1.54) is 0 Å². The van der Waals surface area contributed by atoms with Crippen LogP contribution in [-0.4, -0.2) is 17.7 Å². The third kappa shape index (κ3) is 3.66. The highest BCUT2D eigenvalue weighted by molar-refractivity contribution is 9.10. The van der Waals surface area contributed by atoms with Crippen molar-refractivity contribution in [1.82, 2.24) is 10.3 Å². The summed E-state index contributed by atoms with van der Waals surface area (Å²) >= 11 is 3.26. The number of ether oxygens (including phenoxy) is 1. The number of alkyl carbamates (subject to hydrolysis) is 1. The molecule has 1 atom stereocenters. The van der Waals surface area contributed by atoms with Crippen LogP contribution in [0.3, 0.4) is 0 Å². The summed E-state index contributed by atoms with van der Waals surface area (Å²) < 4.78 is 5.51. The lowest BCUT2D eigenvalue weighted by Crippen LogP contribution is -2.19. The fraction of sp³-hybridized carbons (Fsp3) is 0.273. The van der Waals surface area contributed by atoms with E-state index in [9.17, 15) is 4.79 Å². The van der Waals surface area contributed by atoms with Crippen LogP contribution in [-0.2, 0) is 4.74 Å². The minimum absolute atomic E-state index is 0.120. The molecule has 0 saturated carbocycles. The number of hydrogen-bond acceptors (Lipinski definition) is 3. The predicted molar refractivity (Wildman–Crippen MR) is 65.0 cm³/mol. The van der Waals surface area contributed by atoms with Gasteiger partial charge in [-0.2, -0.15) is 0 Å². The number of pyridine rings is 1. The van der Waals surface area contributed by atoms with Crippen molar-refractivity contribution in [1.29, 1.82) is 0 Å². The van der Waals surface area contributed by atoms with Crippen LogP contribution in [0, 0.1) is 0 Å². The number of rotatable bonds is 1. The van der Waals surface area contributed by atoms with Gasteiger partial charge in [-0.25, -0.2) is 9.78 Å². The van der Waals surface area contributed by atoms with E-state index in [0.29, 0.717) is 6.61 Å². The average Bonchev–Trinajstić information content (AvgIpc) is 2.66. The molecule has 0 bridgehead atoms. The first kappa shape index (κ1) is 12.7. The van der Waals surface area contributed by atoms with E-state index in [2.05, 4.69) is 32.8 Å². The van der Waals surface area contributed by atoms with Crippen molar-refractivity contribution in [2.75, 3.05) is 6.61 Å². The van der Waals surface area contributed by atoms with Crippen molar-refractivity contribution >= 4 is 22.0 Å². The highest BCUT2D eigenvalue weighted by Crippen LogP contribution is 2.17. The predicted octanol–water partition coefficient (Wildman–Crippen LogP) is 2.82. The number of nitrogens with zero attached hydrogens (tertiary/aromatic N) is 1. The Hall–Kier alpha value is -1.36. The lowest BCUT2D eigenvalue weighted by molar-refractivity contribution is 0.177. The number of cyclic esters (lactones) is 1. The van der Waals surface area contributed by atoms with Gasteiger partial charge in [0.15, 0.2) is 0 Å². The van der Waals surface area contributed by atoms with Gasteiger partial charge in [0.1, 0.15) is 17.3 Å². The van der Waals surface area contributed by atoms with E-state index in [1.54, 1.807) is 6.08 Å². The summed E-state index contributed by atoms with van der Waals surface area (Å²) in [5.41, 5.74) is 0.806. The Labute approximate surface area is 103 Å². The smallest absolute Gasteiger partial charge is 0.407 e. The van der Waals surface area contributed by atoms with Gasteiger partial charge in [0.25, 0.3) is 0 Å². The van der Waals surface area contributed by atoms with Gasteiger partial charge in [-0.15, -0.1) is 6.58 Å². The normalized spacial score (nSPS) is 17.9. The minimum atomic E-state index is -0.383. The van der Waals surface area contributed by atoms with E-state index < -0.39 is 0 Å². The average molecular weight is 285 g/mol. The van der Waals surface area contributed by atoms with Crippen LogP contribution in [0.4, 0.5) is 4.79 Å². The summed E-state index contributed by atoms with van der Waals surface area (Å²) in [4.78, 5) is 15.0. The molecule has 0 aromatic carbocycles. The molecule has 1 saturated heterocycles. The van der Waals surface area contributed by atoms with Crippen LogP contribution in [0.1, 0.15) is 18.7 Å². The van der Waals surface area contributed by atoms with Gasteiger partial charge in [-0.1, -0.05) is 12.1 Å². The van der Waals surface area contributed by atoms with Crippen molar-refractivity contribution in [2.45, 2.75) is 13.0 Å². The van der Waals surface area contributed by atoms with Crippen LogP contribution in [0.5, 0.6) is 0 Å². The third-order valence-electron chi connectivity index (χ3n) is 1.77. The fourth-order valence-electron chi connectivity index (χ4n) is 1.16. The summed E-state index contributed by atoms with van der Waals surface area (Å²) in [6, 6.07) is 5.44. The molecule has 1 aliphatic heterocycles. The third-order valence-corrected chi connectivity index (χ3v) is 2.21. The van der Waals surface area contributed by atoms with Crippen LogP contribution >= 0.6 is 15.9 Å². The molecule has 16 heavy (non-hydrogen) atoms. The summed E-state index contributed by atoms with van der Waals surface area (Å²) in [6.07, 6.45) is 1.37. The van der Waals surface area contributed by atoms with Crippen molar-refractivity contribution in [2.24, 2.45) is 0 Å². The molecule has 1 fully saturated rings. The topological polar surface area (TPSA) is 51.2 Å². The number of amides is 1. The van der Waals surface area contributed by atoms with E-state index in [1.807, 2.05) is 25.1 Å². The maximum atomic E-state index is 10.7. The lowest BCUT2D eigenvalue weighted by atomic mass is 10.2. The van der Waals surface area contributed by atoms with Crippen LogP contribution in [0.2, 0.25) is 0 Å². The maximum absolute atomic E-state index is 10.7. The highest BCUT2D eigenvalue weighted by Gasteiger charge is 2.24. The second-order valence-electron chi connectivity index (χ2n) is 3.09. The van der Waals surface area contributed by atoms with Crippen molar-refractivity contribution < 1.29 is 9.53 Å². The lowest BCUT2D eigenvalue weighted by Gasteiger charge is -2.05. The summed E-state index contributed by atoms with van der Waals surface area (Å²) in [7, 11) is 0. The Morgan fingerprint density at radius 1 is 1.69 bits per heavy atom. The number of nitrogens with one attached hydrogen (secondary N) is 1. The first-order valence-electron chi connectivity index (χ1n) is 4.80. The first-order chi connectivity index (χ1) is 7.67. The first-order valence-corrected chi connectivity index (χ1v) is 5.59. The van der Waals surface area contributed by atoms with Crippen molar-refractivity contribution in [3.8, 4) is 0 Å². The largest absolute Gasteiger partial charge is 0.447 e. The van der Waals surface area contributed by atoms with Gasteiger partial charge in [-0.05, 0) is 35.0 Å². The molecule has 2 heterocycles. The Morgan fingerprint density at radius 2 is 2.38 bits per heavy atom. The molecule has 1 aliphatic rings. The van der Waals surface area contributed by atoms with Crippen LogP contribution in [0.25, 0.3) is 0 Å². The highest BCUT2D eigenvalue weighted by atomic mass is 79.9. The molecular weight excluding hydrogens is 272 g/mol. The molecule has 1 amide bonds. The molecule has 1 N–H and O–H groups in total. The Morgan fingerprint density at radius 3 is 2.88 bits per heavy atom. The minimum Gasteiger partial charge on any atom is -0.447 e. The summed E-state index contributed by atoms with van der Waals surface area (Å²) in [6.45, 7) is 5.60. The SMILES string of the molecule is C=CC.O=C1N[C@H](c2cccc(Br)n2)CO1. The van der Waals surface area contributed by atoms with Gasteiger partial charge in [-0.3, -0.25) is 0 Å². The maximum Gasteiger partial charge on any atom is 0.407 e. The molecule has 0 spiro atoms. The van der Waals surface area contributed by atoms with Crippen molar-refractivity contribution in [3.63, 3.8) is 0 Å². The molecule has 86 valence electrons. The van der Waals surface area contributed by atoms with Gasteiger partial charge in [0.05, 0.1) is 5.69 Å². The molecule has 0 unspecified atom stereocenters. The van der Waals surface area contributed by atoms with Crippen LogP contribution < -0.4 is 5.32 Å². The van der Waals surface area contributed by atoms with E-state index in [4.69, 9.17) is 4.74 Å². The molecule has 2 rings (SSSR count). The number of allylic oxidation sites excluding steroid dienone is 1. The molecule has 0 radical (unpaired) electrons. The number of halogens is 1. The van der Waals surface area contributed by atoms with Gasteiger partial charge in [0, 0.05) is 0 Å². The zero-order chi connectivity index (χ0) is 12.0. The van der Waals surface area contributed by atoms with Gasteiger partial charge in [0.2, 0.25) is 0 Å². The van der Waals surface area contributed by atoms with E-state index >= 15 is 0 Å². The number of carbonyl (C=O) groups excluding carboxylic acids is 1. The van der Waals surface area contributed by atoms with Gasteiger partial charge >= 0.3 is 6.09 Å². The molecule has 5 heteroatoms. The Bertz CT molecular complexity index is 382. The molecule has 1 aromatic heterocycles. The fourth-order valence-corrected chi connectivity index (χ4v) is 1.52. The summed E-state index contributed by atoms with van der Waals surface area (Å²) in [5.74, 6) is 0. The van der Waals surface area contributed by atoms with Crippen LogP contribution in [0.15, 0.2) is 35.5 Å². The number of aromatic nitrogens is 1. The second kappa shape index (κ2) is 6.27. The van der Waals surface area contributed by atoms with Crippen molar-refractivity contribution in [3.05, 3.63) is 41.2 Å². The zero-order valence-electron chi connectivity index (χ0n) is 8.94.